The first-order valence-electron chi connectivity index (χ1n) is 6.09. The van der Waals surface area contributed by atoms with Gasteiger partial charge in [0.2, 0.25) is 0 Å². The number of aromatic nitrogens is 1. The van der Waals surface area contributed by atoms with Crippen LogP contribution in [0.2, 0.25) is 0 Å². The zero-order valence-corrected chi connectivity index (χ0v) is 10.5. The smallest absolute Gasteiger partial charge is 0.0965 e. The van der Waals surface area contributed by atoms with Crippen molar-refractivity contribution < 1.29 is 0 Å². The summed E-state index contributed by atoms with van der Waals surface area (Å²) in [7, 11) is 0. The predicted octanol–water partition coefficient (Wildman–Crippen LogP) is 4.25. The molecule has 2 aromatic rings. The summed E-state index contributed by atoms with van der Waals surface area (Å²) in [5.74, 6) is 0. The first-order valence-corrected chi connectivity index (χ1v) is 6.97. The molecular weight excluding hydrogens is 226 g/mol. The Hall–Kier alpha value is -1.28. The van der Waals surface area contributed by atoms with Gasteiger partial charge in [0.25, 0.3) is 0 Å². The Morgan fingerprint density at radius 3 is 2.82 bits per heavy atom. The van der Waals surface area contributed by atoms with Crippen molar-refractivity contribution in [3.8, 4) is 0 Å². The van der Waals surface area contributed by atoms with E-state index in [0.29, 0.717) is 5.25 Å². The zero-order chi connectivity index (χ0) is 11.5. The van der Waals surface area contributed by atoms with Crippen LogP contribution in [0.15, 0.2) is 53.7 Å². The van der Waals surface area contributed by atoms with Crippen LogP contribution in [0, 0.1) is 0 Å². The highest BCUT2D eigenvalue weighted by Gasteiger charge is 2.20. The van der Waals surface area contributed by atoms with E-state index in [1.807, 2.05) is 24.0 Å². The van der Waals surface area contributed by atoms with Crippen LogP contribution in [0.25, 0.3) is 0 Å². The monoisotopic (exact) mass is 241 g/mol. The van der Waals surface area contributed by atoms with Crippen molar-refractivity contribution in [1.82, 2.24) is 4.98 Å². The van der Waals surface area contributed by atoms with Crippen LogP contribution >= 0.6 is 11.8 Å². The van der Waals surface area contributed by atoms with Gasteiger partial charge in [-0.2, -0.15) is 0 Å². The van der Waals surface area contributed by atoms with Gasteiger partial charge in [0.1, 0.15) is 0 Å². The zero-order valence-electron chi connectivity index (χ0n) is 9.67. The Kier molecular flexibility index (Phi) is 3.14. The fourth-order valence-electron chi connectivity index (χ4n) is 2.39. The molecule has 0 saturated carbocycles. The standard InChI is InChI=1S/C15H15NS/c1-2-8-13-12(6-1)7-5-9-14(13)17-15-10-3-4-11-16-15/h1-4,6,8,10-11,14H,5,7,9H2/t14-/m0/s1. The lowest BCUT2D eigenvalue weighted by molar-refractivity contribution is 0.673. The summed E-state index contributed by atoms with van der Waals surface area (Å²) in [6, 6.07) is 15.0. The second kappa shape index (κ2) is 4.92. The van der Waals surface area contributed by atoms with Gasteiger partial charge in [-0.15, -0.1) is 0 Å². The first-order chi connectivity index (χ1) is 8.43. The number of fused-ring (bicyclic) bond motifs is 1. The summed E-state index contributed by atoms with van der Waals surface area (Å²) in [4.78, 5) is 4.41. The minimum atomic E-state index is 0.579. The molecule has 0 amide bonds. The molecule has 0 aliphatic heterocycles. The van der Waals surface area contributed by atoms with Crippen LogP contribution in [-0.4, -0.2) is 4.98 Å². The fraction of sp³-hybridized carbons (Fsp3) is 0.267. The van der Waals surface area contributed by atoms with E-state index in [2.05, 4.69) is 41.4 Å². The number of nitrogens with zero attached hydrogens (tertiary/aromatic N) is 1. The van der Waals surface area contributed by atoms with Crippen LogP contribution in [0.5, 0.6) is 0 Å². The van der Waals surface area contributed by atoms with Crippen molar-refractivity contribution in [1.29, 1.82) is 0 Å². The number of benzene rings is 1. The highest BCUT2D eigenvalue weighted by Crippen LogP contribution is 2.42. The minimum Gasteiger partial charge on any atom is -0.250 e. The van der Waals surface area contributed by atoms with Crippen LogP contribution in [-0.2, 0) is 6.42 Å². The van der Waals surface area contributed by atoms with Crippen LogP contribution in [0.3, 0.4) is 0 Å². The van der Waals surface area contributed by atoms with Gasteiger partial charge in [-0.1, -0.05) is 42.1 Å². The van der Waals surface area contributed by atoms with E-state index < -0.39 is 0 Å². The van der Waals surface area contributed by atoms with Gasteiger partial charge in [-0.05, 0) is 42.5 Å². The van der Waals surface area contributed by atoms with Gasteiger partial charge >= 0.3 is 0 Å². The van der Waals surface area contributed by atoms with Crippen LogP contribution in [0.4, 0.5) is 0 Å². The molecule has 0 radical (unpaired) electrons. The van der Waals surface area contributed by atoms with Crippen molar-refractivity contribution in [2.45, 2.75) is 29.5 Å². The van der Waals surface area contributed by atoms with E-state index in [1.54, 1.807) is 0 Å². The Bertz CT molecular complexity index is 495. The summed E-state index contributed by atoms with van der Waals surface area (Å²) in [6.07, 6.45) is 5.66. The minimum absolute atomic E-state index is 0.579. The van der Waals surface area contributed by atoms with Gasteiger partial charge in [-0.25, -0.2) is 4.98 Å². The molecule has 0 N–H and O–H groups in total. The average molecular weight is 241 g/mol. The van der Waals surface area contributed by atoms with Crippen molar-refractivity contribution >= 4 is 11.8 Å². The topological polar surface area (TPSA) is 12.9 Å². The number of pyridine rings is 1. The molecule has 1 aromatic carbocycles. The normalized spacial score (nSPS) is 18.7. The molecule has 1 atom stereocenters. The van der Waals surface area contributed by atoms with Gasteiger partial charge in [0.15, 0.2) is 0 Å². The molecule has 3 rings (SSSR count). The van der Waals surface area contributed by atoms with Crippen molar-refractivity contribution in [3.63, 3.8) is 0 Å². The number of thioether (sulfide) groups is 1. The molecule has 1 aromatic heterocycles. The number of hydrogen-bond acceptors (Lipinski definition) is 2. The lowest BCUT2D eigenvalue weighted by Crippen LogP contribution is -2.06. The van der Waals surface area contributed by atoms with Crippen LogP contribution < -0.4 is 0 Å². The maximum absolute atomic E-state index is 4.41. The highest BCUT2D eigenvalue weighted by molar-refractivity contribution is 7.99. The second-order valence-corrected chi connectivity index (χ2v) is 5.59. The molecule has 1 heterocycles. The Morgan fingerprint density at radius 2 is 1.94 bits per heavy atom. The van der Waals surface area contributed by atoms with Crippen LogP contribution in [0.1, 0.15) is 29.2 Å². The maximum atomic E-state index is 4.41. The van der Waals surface area contributed by atoms with E-state index in [1.165, 1.54) is 30.4 Å². The Labute approximate surface area is 106 Å². The molecule has 86 valence electrons. The van der Waals surface area contributed by atoms with Crippen molar-refractivity contribution in [2.24, 2.45) is 0 Å². The molecule has 1 nitrogen and oxygen atoms in total. The molecule has 0 unspecified atom stereocenters. The Morgan fingerprint density at radius 1 is 1.06 bits per heavy atom. The van der Waals surface area contributed by atoms with Gasteiger partial charge in [-0.3, -0.25) is 0 Å². The van der Waals surface area contributed by atoms with Crippen molar-refractivity contribution in [2.75, 3.05) is 0 Å². The number of hydrogen-bond donors (Lipinski definition) is 0. The molecule has 0 fully saturated rings. The molecule has 0 bridgehead atoms. The van der Waals surface area contributed by atoms with Gasteiger partial charge < -0.3 is 0 Å². The quantitative estimate of drug-likeness (QED) is 0.779. The lowest BCUT2D eigenvalue weighted by atomic mass is 9.91. The predicted molar refractivity (Wildman–Crippen MR) is 72.2 cm³/mol. The first kappa shape index (κ1) is 10.8. The lowest BCUT2D eigenvalue weighted by Gasteiger charge is -2.24. The second-order valence-electron chi connectivity index (χ2n) is 4.37. The SMILES string of the molecule is c1ccc(S[C@H]2CCCc3ccccc32)nc1. The molecular formula is C15H15NS. The van der Waals surface area contributed by atoms with E-state index in [-0.39, 0.29) is 0 Å². The third-order valence-electron chi connectivity index (χ3n) is 3.22. The van der Waals surface area contributed by atoms with E-state index >= 15 is 0 Å². The van der Waals surface area contributed by atoms with Gasteiger partial charge in [0.05, 0.1) is 5.03 Å². The summed E-state index contributed by atoms with van der Waals surface area (Å²) >= 11 is 1.90. The number of aryl methyl sites for hydroxylation is 1. The molecule has 17 heavy (non-hydrogen) atoms. The highest BCUT2D eigenvalue weighted by atomic mass is 32.2. The van der Waals surface area contributed by atoms with Gasteiger partial charge in [0, 0.05) is 11.4 Å². The third-order valence-corrected chi connectivity index (χ3v) is 4.47. The maximum Gasteiger partial charge on any atom is 0.0965 e. The summed E-state index contributed by atoms with van der Waals surface area (Å²) in [6.45, 7) is 0. The van der Waals surface area contributed by atoms with E-state index in [9.17, 15) is 0 Å². The third kappa shape index (κ3) is 2.37. The largest absolute Gasteiger partial charge is 0.250 e. The average Bonchev–Trinajstić information content (AvgIpc) is 2.40. The summed E-state index contributed by atoms with van der Waals surface area (Å²) in [5, 5.41) is 1.71. The molecule has 1 aliphatic rings. The molecule has 1 aliphatic carbocycles. The van der Waals surface area contributed by atoms with Crippen molar-refractivity contribution in [3.05, 3.63) is 59.8 Å². The molecule has 0 saturated heterocycles. The summed E-state index contributed by atoms with van der Waals surface area (Å²) < 4.78 is 0. The molecule has 0 spiro atoms. The molecule has 2 heteroatoms. The van der Waals surface area contributed by atoms with E-state index in [4.69, 9.17) is 0 Å². The summed E-state index contributed by atoms with van der Waals surface area (Å²) in [5.41, 5.74) is 3.03. The number of rotatable bonds is 2. The Balaban J connectivity index is 1.86. The fourth-order valence-corrected chi connectivity index (χ4v) is 3.61. The van der Waals surface area contributed by atoms with E-state index in [0.717, 1.165) is 5.03 Å².